The summed E-state index contributed by atoms with van der Waals surface area (Å²) < 4.78 is 7.75. The fourth-order valence-corrected chi connectivity index (χ4v) is 1.67. The van der Waals surface area contributed by atoms with Crippen molar-refractivity contribution in [1.82, 2.24) is 4.31 Å². The van der Waals surface area contributed by atoms with Crippen molar-refractivity contribution >= 4 is 28.5 Å². The van der Waals surface area contributed by atoms with Crippen molar-refractivity contribution in [2.75, 3.05) is 26.3 Å². The van der Waals surface area contributed by atoms with Gasteiger partial charge in [-0.05, 0) is 11.9 Å². The molecule has 10 heavy (non-hydrogen) atoms. The zero-order chi connectivity index (χ0) is 7.40. The van der Waals surface area contributed by atoms with Gasteiger partial charge in [-0.25, -0.2) is 4.31 Å². The molecule has 1 rings (SSSR count). The van der Waals surface area contributed by atoms with Crippen LogP contribution in [0.4, 0.5) is 0 Å². The number of nitrogens with zero attached hydrogens (tertiary/aromatic N) is 1. The van der Waals surface area contributed by atoms with Crippen molar-refractivity contribution in [3.8, 4) is 0 Å². The first-order valence-electron chi connectivity index (χ1n) is 3.09. The van der Waals surface area contributed by atoms with Gasteiger partial charge in [-0.1, -0.05) is 12.2 Å². The van der Waals surface area contributed by atoms with Gasteiger partial charge in [-0.15, -0.1) is 0 Å². The predicted molar refractivity (Wildman–Crippen MR) is 46.8 cm³/mol. The summed E-state index contributed by atoms with van der Waals surface area (Å²) in [4.78, 5) is 0. The van der Waals surface area contributed by atoms with E-state index in [2.05, 4.69) is 4.31 Å². The zero-order valence-electron chi connectivity index (χ0n) is 5.58. The van der Waals surface area contributed by atoms with Gasteiger partial charge in [0.15, 0.2) is 0 Å². The largest absolute Gasteiger partial charge is 0.384 e. The first-order chi connectivity index (χ1) is 4.79. The lowest BCUT2D eigenvalue weighted by Gasteiger charge is -2.24. The quantitative estimate of drug-likeness (QED) is 0.459. The Labute approximate surface area is 70.0 Å². The van der Waals surface area contributed by atoms with Crippen LogP contribution in [0.1, 0.15) is 0 Å². The number of rotatable bonds is 1. The molecule has 0 amide bonds. The molecule has 0 unspecified atom stereocenters. The monoisotopic (exact) mass is 178 g/mol. The summed E-state index contributed by atoms with van der Waals surface area (Å²) in [7, 11) is 0. The molecule has 2 N–H and O–H groups in total. The molecule has 3 nitrogen and oxygen atoms in total. The molecule has 1 saturated heterocycles. The third kappa shape index (κ3) is 2.83. The second-order valence-electron chi connectivity index (χ2n) is 1.95. The summed E-state index contributed by atoms with van der Waals surface area (Å²) in [6.45, 7) is 3.41. The van der Waals surface area contributed by atoms with Crippen LogP contribution in [-0.4, -0.2) is 34.9 Å². The molecule has 0 aromatic carbocycles. The fraction of sp³-hybridized carbons (Fsp3) is 0.800. The van der Waals surface area contributed by atoms with Crippen LogP contribution in [0.2, 0.25) is 0 Å². The Kier molecular flexibility index (Phi) is 3.41. The Morgan fingerprint density at radius 2 is 2.10 bits per heavy atom. The summed E-state index contributed by atoms with van der Waals surface area (Å²) in [6.07, 6.45) is 0. The van der Waals surface area contributed by atoms with Gasteiger partial charge in [0, 0.05) is 13.1 Å². The topological polar surface area (TPSA) is 38.5 Å². The lowest BCUT2D eigenvalue weighted by Crippen LogP contribution is -2.32. The smallest absolute Gasteiger partial charge is 0.146 e. The first kappa shape index (κ1) is 8.26. The molecule has 0 atom stereocenters. The Hall–Kier alpha value is 0.160. The van der Waals surface area contributed by atoms with Crippen LogP contribution in [0.3, 0.4) is 0 Å². The number of morpholine rings is 1. The van der Waals surface area contributed by atoms with Gasteiger partial charge in [-0.3, -0.25) is 0 Å². The molecule has 1 aliphatic heterocycles. The number of nitrogens with two attached hydrogens (primary N) is 1. The summed E-state index contributed by atoms with van der Waals surface area (Å²) in [6, 6.07) is 0. The average Bonchev–Trinajstić information content (AvgIpc) is 1.88. The van der Waals surface area contributed by atoms with Gasteiger partial charge >= 0.3 is 0 Å². The highest BCUT2D eigenvalue weighted by Crippen LogP contribution is 2.11. The van der Waals surface area contributed by atoms with Crippen molar-refractivity contribution in [3.63, 3.8) is 0 Å². The Morgan fingerprint density at radius 1 is 1.50 bits per heavy atom. The molecule has 1 fully saturated rings. The Morgan fingerprint density at radius 3 is 2.60 bits per heavy atom. The zero-order valence-corrected chi connectivity index (χ0v) is 7.21. The summed E-state index contributed by atoms with van der Waals surface area (Å²) in [5.74, 6) is 0. The van der Waals surface area contributed by atoms with Crippen molar-refractivity contribution in [2.24, 2.45) is 5.73 Å². The third-order valence-electron chi connectivity index (χ3n) is 1.19. The second kappa shape index (κ2) is 4.12. The number of ether oxygens (including phenoxy) is 1. The molecule has 0 spiro atoms. The minimum atomic E-state index is 0.488. The fourth-order valence-electron chi connectivity index (χ4n) is 0.765. The van der Waals surface area contributed by atoms with E-state index in [1.165, 1.54) is 11.9 Å². The van der Waals surface area contributed by atoms with E-state index in [-0.39, 0.29) is 0 Å². The van der Waals surface area contributed by atoms with E-state index in [9.17, 15) is 0 Å². The number of hydrogen-bond acceptors (Lipinski definition) is 4. The SMILES string of the molecule is NC(=S)SN1CCOCC1. The van der Waals surface area contributed by atoms with Crippen LogP contribution >= 0.6 is 24.2 Å². The standard InChI is InChI=1S/C5H10N2OS2/c6-5(9)10-7-1-3-8-4-2-7/h1-4H2,(H2,6,9). The molecular weight excluding hydrogens is 168 g/mol. The van der Waals surface area contributed by atoms with Crippen molar-refractivity contribution < 1.29 is 4.74 Å². The summed E-state index contributed by atoms with van der Waals surface area (Å²) >= 11 is 6.17. The van der Waals surface area contributed by atoms with Crippen molar-refractivity contribution in [3.05, 3.63) is 0 Å². The highest BCUT2D eigenvalue weighted by molar-refractivity contribution is 8.21. The third-order valence-corrected chi connectivity index (χ3v) is 2.22. The van der Waals surface area contributed by atoms with E-state index in [1.807, 2.05) is 0 Å². The van der Waals surface area contributed by atoms with Gasteiger partial charge in [0.1, 0.15) is 4.32 Å². The Bertz CT molecular complexity index is 125. The van der Waals surface area contributed by atoms with Crippen LogP contribution in [0.25, 0.3) is 0 Å². The molecule has 1 aliphatic rings. The van der Waals surface area contributed by atoms with Gasteiger partial charge in [0.25, 0.3) is 0 Å². The van der Waals surface area contributed by atoms with E-state index < -0.39 is 0 Å². The van der Waals surface area contributed by atoms with Gasteiger partial charge in [0.05, 0.1) is 13.2 Å². The maximum Gasteiger partial charge on any atom is 0.146 e. The van der Waals surface area contributed by atoms with E-state index in [1.54, 1.807) is 0 Å². The summed E-state index contributed by atoms with van der Waals surface area (Å²) in [5.41, 5.74) is 5.34. The van der Waals surface area contributed by atoms with Crippen LogP contribution in [0, 0.1) is 0 Å². The average molecular weight is 178 g/mol. The molecule has 58 valence electrons. The van der Waals surface area contributed by atoms with Crippen molar-refractivity contribution in [1.29, 1.82) is 0 Å². The minimum absolute atomic E-state index is 0.488. The molecule has 5 heteroatoms. The van der Waals surface area contributed by atoms with Crippen LogP contribution < -0.4 is 5.73 Å². The van der Waals surface area contributed by atoms with E-state index in [0.717, 1.165) is 26.3 Å². The molecule has 0 aromatic rings. The van der Waals surface area contributed by atoms with Gasteiger partial charge < -0.3 is 10.5 Å². The lowest BCUT2D eigenvalue weighted by molar-refractivity contribution is 0.0778. The van der Waals surface area contributed by atoms with Crippen LogP contribution in [0.5, 0.6) is 0 Å². The lowest BCUT2D eigenvalue weighted by atomic mass is 10.5. The molecule has 0 aliphatic carbocycles. The van der Waals surface area contributed by atoms with Crippen molar-refractivity contribution in [2.45, 2.75) is 0 Å². The Balaban J connectivity index is 2.19. The van der Waals surface area contributed by atoms with Gasteiger partial charge in [-0.2, -0.15) is 0 Å². The molecule has 0 aromatic heterocycles. The highest BCUT2D eigenvalue weighted by atomic mass is 32.2. The predicted octanol–water partition coefficient (Wildman–Crippen LogP) is 0.210. The molecule has 0 radical (unpaired) electrons. The maximum absolute atomic E-state index is 5.34. The molecular formula is C5H10N2OS2. The molecule has 0 saturated carbocycles. The minimum Gasteiger partial charge on any atom is -0.384 e. The van der Waals surface area contributed by atoms with Crippen LogP contribution in [0.15, 0.2) is 0 Å². The second-order valence-corrected chi connectivity index (χ2v) is 3.79. The maximum atomic E-state index is 5.34. The normalized spacial score (nSPS) is 20.8. The van der Waals surface area contributed by atoms with Gasteiger partial charge in [0.2, 0.25) is 0 Å². The first-order valence-corrected chi connectivity index (χ1v) is 4.27. The number of thiocarbonyl (C=S) groups is 1. The molecule has 0 bridgehead atoms. The van der Waals surface area contributed by atoms with E-state index >= 15 is 0 Å². The highest BCUT2D eigenvalue weighted by Gasteiger charge is 2.10. The molecule has 1 heterocycles. The number of hydrogen-bond donors (Lipinski definition) is 1. The van der Waals surface area contributed by atoms with Crippen LogP contribution in [-0.2, 0) is 4.74 Å². The van der Waals surface area contributed by atoms with E-state index in [0.29, 0.717) is 4.32 Å². The summed E-state index contributed by atoms with van der Waals surface area (Å²) in [5, 5.41) is 0. The van der Waals surface area contributed by atoms with E-state index in [4.69, 9.17) is 22.7 Å².